The highest BCUT2D eigenvalue weighted by atomic mass is 16.4. The highest BCUT2D eigenvalue weighted by Crippen LogP contribution is 2.27. The number of carboxylic acids is 2. The number of nitrogens with two attached hydrogens (primary N) is 1. The van der Waals surface area contributed by atoms with Gasteiger partial charge in [-0.25, -0.2) is 25.2 Å². The van der Waals surface area contributed by atoms with Crippen LogP contribution in [-0.2, 0) is 14.4 Å². The minimum absolute atomic E-state index is 0. The van der Waals surface area contributed by atoms with Gasteiger partial charge in [-0.1, -0.05) is 6.42 Å². The maximum atomic E-state index is 11.8. The van der Waals surface area contributed by atoms with Crippen LogP contribution in [0.15, 0.2) is 0 Å². The van der Waals surface area contributed by atoms with E-state index in [9.17, 15) is 9.59 Å². The Kier molecular flexibility index (Phi) is 10.3. The van der Waals surface area contributed by atoms with Crippen molar-refractivity contribution >= 4 is 23.9 Å². The van der Waals surface area contributed by atoms with Gasteiger partial charge in [0.05, 0.1) is 6.04 Å². The molecule has 11 heteroatoms. The summed E-state index contributed by atoms with van der Waals surface area (Å²) in [5.74, 6) is 1.75. The third-order valence-electron chi connectivity index (χ3n) is 3.23. The van der Waals surface area contributed by atoms with Crippen LogP contribution in [0.4, 0.5) is 4.79 Å². The van der Waals surface area contributed by atoms with Crippen molar-refractivity contribution in [2.75, 3.05) is 14.1 Å². The van der Waals surface area contributed by atoms with Crippen LogP contribution >= 0.6 is 0 Å². The molecule has 23 heavy (non-hydrogen) atoms. The molecule has 0 aliphatic heterocycles. The van der Waals surface area contributed by atoms with Gasteiger partial charge in [0, 0.05) is 20.0 Å². The van der Waals surface area contributed by atoms with Crippen molar-refractivity contribution in [2.24, 2.45) is 11.8 Å². The van der Waals surface area contributed by atoms with Crippen LogP contribution in [0.2, 0.25) is 0 Å². The molecular formula is C12H23N3O8. The molecule has 1 fully saturated rings. The Balaban J connectivity index is 0. The lowest BCUT2D eigenvalue weighted by Crippen LogP contribution is -2.48. The summed E-state index contributed by atoms with van der Waals surface area (Å²) in [6.07, 6.45) is 1.79. The molecule has 0 aromatic carbocycles. The minimum Gasteiger partial charge on any atom is -0.473 e. The summed E-state index contributed by atoms with van der Waals surface area (Å²) in [6.45, 7) is 0. The Labute approximate surface area is 132 Å². The summed E-state index contributed by atoms with van der Waals surface area (Å²) in [5.41, 5.74) is 0. The highest BCUT2D eigenvalue weighted by Gasteiger charge is 2.32. The van der Waals surface area contributed by atoms with Gasteiger partial charge >= 0.3 is 18.0 Å². The fourth-order valence-electron chi connectivity index (χ4n) is 2.16. The molecule has 134 valence electrons. The van der Waals surface area contributed by atoms with Crippen LogP contribution in [0.5, 0.6) is 0 Å². The molecule has 1 aliphatic rings. The van der Waals surface area contributed by atoms with Crippen molar-refractivity contribution in [1.29, 1.82) is 0 Å². The second-order valence-electron chi connectivity index (χ2n) is 5.05. The smallest absolute Gasteiger partial charge is 0.421 e. The average Bonchev–Trinajstić information content (AvgIpc) is 2.46. The van der Waals surface area contributed by atoms with Gasteiger partial charge < -0.3 is 25.7 Å². The lowest BCUT2D eigenvalue weighted by molar-refractivity contribution is -0.159. The number of amides is 2. The molecule has 1 saturated carbocycles. The predicted octanol–water partition coefficient (Wildman–Crippen LogP) is -1.18. The van der Waals surface area contributed by atoms with E-state index in [1.165, 1.54) is 0 Å². The van der Waals surface area contributed by atoms with Gasteiger partial charge in [0.1, 0.15) is 0 Å². The number of aliphatic carboxylic acids is 2. The number of hydrogen-bond acceptors (Lipinski definition) is 5. The number of rotatable bonds is 2. The fourth-order valence-corrected chi connectivity index (χ4v) is 2.16. The Morgan fingerprint density at radius 1 is 1.00 bits per heavy atom. The third-order valence-corrected chi connectivity index (χ3v) is 3.23. The topological polar surface area (TPSA) is 193 Å². The third kappa shape index (κ3) is 7.97. The van der Waals surface area contributed by atoms with Crippen LogP contribution in [0.3, 0.4) is 0 Å². The Hall–Kier alpha value is -2.40. The number of hydrazine groups is 1. The number of carbonyl (C=O) groups is 4. The van der Waals surface area contributed by atoms with E-state index in [1.54, 1.807) is 19.0 Å². The first-order valence-electron chi connectivity index (χ1n) is 6.52. The number of nitrogens with zero attached hydrogens (tertiary/aromatic N) is 2. The molecule has 2 atom stereocenters. The maximum absolute atomic E-state index is 11.8. The van der Waals surface area contributed by atoms with Crippen molar-refractivity contribution in [3.05, 3.63) is 0 Å². The summed E-state index contributed by atoms with van der Waals surface area (Å²) in [6, 6.07) is -0.236. The molecule has 0 aromatic heterocycles. The predicted molar refractivity (Wildman–Crippen MR) is 77.4 cm³/mol. The van der Waals surface area contributed by atoms with Gasteiger partial charge in [0.15, 0.2) is 0 Å². The number of carboxylic acid groups (broad SMARTS) is 3. The molecule has 0 spiro atoms. The summed E-state index contributed by atoms with van der Waals surface area (Å²) >= 11 is 0. The second kappa shape index (κ2) is 10.3. The molecule has 2 amide bonds. The van der Waals surface area contributed by atoms with Crippen molar-refractivity contribution in [2.45, 2.75) is 31.7 Å². The summed E-state index contributed by atoms with van der Waals surface area (Å²) in [7, 11) is 3.42. The van der Waals surface area contributed by atoms with Gasteiger partial charge in [-0.3, -0.25) is 4.79 Å². The molecule has 0 heterocycles. The van der Waals surface area contributed by atoms with E-state index < -0.39 is 18.0 Å². The van der Waals surface area contributed by atoms with E-state index >= 15 is 0 Å². The van der Waals surface area contributed by atoms with Gasteiger partial charge in [-0.15, -0.1) is 0 Å². The van der Waals surface area contributed by atoms with Crippen LogP contribution in [0, 0.1) is 5.92 Å². The molecule has 0 saturated heterocycles. The molecule has 0 aromatic rings. The van der Waals surface area contributed by atoms with Crippen LogP contribution in [0.25, 0.3) is 0 Å². The lowest BCUT2D eigenvalue weighted by Gasteiger charge is -2.33. The molecule has 1 unspecified atom stereocenters. The minimum atomic E-state index is -1.82. The first-order valence-corrected chi connectivity index (χ1v) is 6.52. The first-order chi connectivity index (χ1) is 10.1. The molecule has 11 nitrogen and oxygen atoms in total. The van der Waals surface area contributed by atoms with Crippen LogP contribution in [-0.4, -0.2) is 74.8 Å². The zero-order chi connectivity index (χ0) is 17.4. The normalized spacial score (nSPS) is 19.3. The SMILES string of the molecule is CN(C)C(=O)[C@H]1CCCC(N(N)C(=O)O)C1.O.O=C(O)C(=O)O. The molecule has 1 rings (SSSR count). The van der Waals surface area contributed by atoms with Crippen molar-refractivity contribution in [3.8, 4) is 0 Å². The quantitative estimate of drug-likeness (QED) is 0.209. The summed E-state index contributed by atoms with van der Waals surface area (Å²) in [4.78, 5) is 42.2. The fraction of sp³-hybridized carbons (Fsp3) is 0.667. The average molecular weight is 337 g/mol. The summed E-state index contributed by atoms with van der Waals surface area (Å²) < 4.78 is 0. The molecular weight excluding hydrogens is 314 g/mol. The standard InChI is InChI=1S/C10H19N3O3.C2H2O4.H2O/c1-12(2)9(14)7-4-3-5-8(6-7)13(11)10(15)16;3-1(4)2(5)6;/h7-8H,3-6,11H2,1-2H3,(H,15,16);(H,3,4)(H,5,6);1H2/t7-,8?;;/m0../s1. The Bertz CT molecular complexity index is 428. The molecule has 1 aliphatic carbocycles. The van der Waals surface area contributed by atoms with E-state index in [2.05, 4.69) is 0 Å². The monoisotopic (exact) mass is 337 g/mol. The number of hydrogen-bond donors (Lipinski definition) is 4. The molecule has 0 bridgehead atoms. The maximum Gasteiger partial charge on any atom is 0.421 e. The zero-order valence-electron chi connectivity index (χ0n) is 12.9. The van der Waals surface area contributed by atoms with Crippen molar-refractivity contribution < 1.29 is 40.0 Å². The Morgan fingerprint density at radius 3 is 1.83 bits per heavy atom. The van der Waals surface area contributed by atoms with Gasteiger partial charge in [0.2, 0.25) is 5.91 Å². The second-order valence-corrected chi connectivity index (χ2v) is 5.05. The lowest BCUT2D eigenvalue weighted by atomic mass is 9.84. The zero-order valence-corrected chi connectivity index (χ0v) is 12.9. The van der Waals surface area contributed by atoms with E-state index in [0.717, 1.165) is 24.3 Å². The first kappa shape index (κ1) is 22.9. The van der Waals surface area contributed by atoms with Gasteiger partial charge in [-0.05, 0) is 19.3 Å². The number of carbonyl (C=O) groups excluding carboxylic acids is 1. The van der Waals surface area contributed by atoms with Crippen LogP contribution in [0.1, 0.15) is 25.7 Å². The van der Waals surface area contributed by atoms with E-state index in [-0.39, 0.29) is 23.3 Å². The molecule has 7 N–H and O–H groups in total. The molecule has 0 radical (unpaired) electrons. The van der Waals surface area contributed by atoms with Crippen LogP contribution < -0.4 is 5.84 Å². The largest absolute Gasteiger partial charge is 0.473 e. The highest BCUT2D eigenvalue weighted by molar-refractivity contribution is 6.27. The van der Waals surface area contributed by atoms with Crippen molar-refractivity contribution in [1.82, 2.24) is 9.91 Å². The van der Waals surface area contributed by atoms with Crippen molar-refractivity contribution in [3.63, 3.8) is 0 Å². The van der Waals surface area contributed by atoms with E-state index in [0.29, 0.717) is 6.42 Å². The van der Waals surface area contributed by atoms with E-state index in [1.807, 2.05) is 0 Å². The van der Waals surface area contributed by atoms with E-state index in [4.69, 9.17) is 30.8 Å². The summed E-state index contributed by atoms with van der Waals surface area (Å²) in [5, 5.41) is 24.4. The van der Waals surface area contributed by atoms with Gasteiger partial charge in [0.25, 0.3) is 0 Å². The Morgan fingerprint density at radius 2 is 1.48 bits per heavy atom. The van der Waals surface area contributed by atoms with Gasteiger partial charge in [-0.2, -0.15) is 0 Å².